The van der Waals surface area contributed by atoms with Gasteiger partial charge < -0.3 is 11.1 Å². The van der Waals surface area contributed by atoms with Gasteiger partial charge in [0.15, 0.2) is 0 Å². The summed E-state index contributed by atoms with van der Waals surface area (Å²) in [6.07, 6.45) is 12.5. The van der Waals surface area contributed by atoms with Gasteiger partial charge in [0, 0.05) is 13.0 Å². The highest BCUT2D eigenvalue weighted by molar-refractivity contribution is 5.78. The molecule has 3 nitrogen and oxygen atoms in total. The summed E-state index contributed by atoms with van der Waals surface area (Å²) >= 11 is 0. The molecule has 0 aromatic heterocycles. The van der Waals surface area contributed by atoms with E-state index in [2.05, 4.69) is 5.32 Å². The molecule has 0 radical (unpaired) electrons. The number of hydrogen-bond donors (Lipinski definition) is 2. The fraction of sp³-hybridized carbons (Fsp3) is 0.941. The van der Waals surface area contributed by atoms with Crippen LogP contribution in [0.1, 0.15) is 64.2 Å². The minimum Gasteiger partial charge on any atom is -0.349 e. The lowest BCUT2D eigenvalue weighted by atomic mass is 9.49. The van der Waals surface area contributed by atoms with Crippen molar-refractivity contribution in [3.05, 3.63) is 0 Å². The number of amides is 1. The van der Waals surface area contributed by atoms with Gasteiger partial charge in [-0.2, -0.15) is 0 Å². The maximum Gasteiger partial charge on any atom is 0.221 e. The summed E-state index contributed by atoms with van der Waals surface area (Å²) < 4.78 is 0. The fourth-order valence-corrected chi connectivity index (χ4v) is 6.17. The molecule has 20 heavy (non-hydrogen) atoms. The molecule has 0 heterocycles. The van der Waals surface area contributed by atoms with Crippen LogP contribution in [0.2, 0.25) is 0 Å². The summed E-state index contributed by atoms with van der Waals surface area (Å²) in [5.74, 6) is 3.08. The Morgan fingerprint density at radius 2 is 1.60 bits per heavy atom. The molecular formula is C17H28N2O. The zero-order chi connectivity index (χ0) is 13.8. The number of nitrogens with one attached hydrogen (secondary N) is 1. The molecule has 0 unspecified atom stereocenters. The van der Waals surface area contributed by atoms with Crippen LogP contribution in [0.15, 0.2) is 0 Å². The molecule has 0 spiro atoms. The lowest BCUT2D eigenvalue weighted by molar-refractivity contribution is -0.132. The van der Waals surface area contributed by atoms with Crippen LogP contribution in [0.25, 0.3) is 0 Å². The SMILES string of the molecule is NCC1(NC(=O)CC23CC4CC(CC(C4)C2)C3)CCC1. The lowest BCUT2D eigenvalue weighted by Gasteiger charge is -2.57. The van der Waals surface area contributed by atoms with Crippen molar-refractivity contribution in [2.45, 2.75) is 69.7 Å². The quantitative estimate of drug-likeness (QED) is 0.829. The Labute approximate surface area is 122 Å². The standard InChI is InChI=1S/C17H28N2O/c18-11-17(2-1-3-17)19-15(20)10-16-7-12-4-13(8-16)6-14(5-12)9-16/h12-14H,1-11,18H2,(H,19,20). The maximum atomic E-state index is 12.5. The third-order valence-electron chi connectivity index (χ3n) is 6.81. The summed E-state index contributed by atoms with van der Waals surface area (Å²) in [4.78, 5) is 12.5. The van der Waals surface area contributed by atoms with E-state index in [9.17, 15) is 4.79 Å². The van der Waals surface area contributed by atoms with Gasteiger partial charge in [-0.05, 0) is 81.0 Å². The Morgan fingerprint density at radius 3 is 2.00 bits per heavy atom. The van der Waals surface area contributed by atoms with Crippen molar-refractivity contribution in [3.8, 4) is 0 Å². The van der Waals surface area contributed by atoms with Crippen LogP contribution in [-0.4, -0.2) is 18.0 Å². The van der Waals surface area contributed by atoms with Crippen molar-refractivity contribution < 1.29 is 4.79 Å². The maximum absolute atomic E-state index is 12.5. The van der Waals surface area contributed by atoms with Crippen LogP contribution < -0.4 is 11.1 Å². The fourth-order valence-electron chi connectivity index (χ4n) is 6.17. The molecule has 1 amide bonds. The van der Waals surface area contributed by atoms with Gasteiger partial charge in [-0.1, -0.05) is 0 Å². The molecule has 5 aliphatic rings. The second-order valence-electron chi connectivity index (χ2n) is 8.48. The van der Waals surface area contributed by atoms with Crippen molar-refractivity contribution in [2.24, 2.45) is 28.9 Å². The van der Waals surface area contributed by atoms with Gasteiger partial charge in [-0.3, -0.25) is 4.79 Å². The van der Waals surface area contributed by atoms with Crippen LogP contribution in [0.3, 0.4) is 0 Å². The zero-order valence-corrected chi connectivity index (χ0v) is 12.5. The largest absolute Gasteiger partial charge is 0.349 e. The topological polar surface area (TPSA) is 55.1 Å². The molecule has 112 valence electrons. The highest BCUT2D eigenvalue weighted by atomic mass is 16.1. The van der Waals surface area contributed by atoms with Crippen LogP contribution >= 0.6 is 0 Å². The zero-order valence-electron chi connectivity index (χ0n) is 12.5. The minimum absolute atomic E-state index is 0.0423. The van der Waals surface area contributed by atoms with Gasteiger partial charge >= 0.3 is 0 Å². The average molecular weight is 276 g/mol. The first-order valence-corrected chi connectivity index (χ1v) is 8.62. The van der Waals surface area contributed by atoms with Crippen molar-refractivity contribution >= 4 is 5.91 Å². The van der Waals surface area contributed by atoms with Crippen molar-refractivity contribution in [3.63, 3.8) is 0 Å². The monoisotopic (exact) mass is 276 g/mol. The number of carbonyl (C=O) groups is 1. The molecule has 0 aliphatic heterocycles. The second kappa shape index (κ2) is 4.46. The summed E-state index contributed by atoms with van der Waals surface area (Å²) in [5.41, 5.74) is 6.18. The summed E-state index contributed by atoms with van der Waals surface area (Å²) in [6, 6.07) is 0. The van der Waals surface area contributed by atoms with Crippen molar-refractivity contribution in [1.82, 2.24) is 5.32 Å². The molecule has 3 heteroatoms. The molecule has 0 atom stereocenters. The minimum atomic E-state index is -0.0423. The Balaban J connectivity index is 1.42. The average Bonchev–Trinajstić information content (AvgIpc) is 2.31. The van der Waals surface area contributed by atoms with E-state index >= 15 is 0 Å². The number of carbonyl (C=O) groups excluding carboxylic acids is 1. The summed E-state index contributed by atoms with van der Waals surface area (Å²) in [6.45, 7) is 0.611. The van der Waals surface area contributed by atoms with E-state index in [1.165, 1.54) is 44.9 Å². The molecule has 0 aromatic carbocycles. The van der Waals surface area contributed by atoms with E-state index in [-0.39, 0.29) is 11.4 Å². The van der Waals surface area contributed by atoms with Crippen LogP contribution in [0, 0.1) is 23.2 Å². The Bertz CT molecular complexity index is 372. The van der Waals surface area contributed by atoms with E-state index in [1.54, 1.807) is 0 Å². The Kier molecular flexibility index (Phi) is 2.93. The second-order valence-corrected chi connectivity index (χ2v) is 8.48. The van der Waals surface area contributed by atoms with E-state index in [0.717, 1.165) is 37.0 Å². The van der Waals surface area contributed by atoms with Crippen molar-refractivity contribution in [1.29, 1.82) is 0 Å². The molecule has 5 rings (SSSR count). The van der Waals surface area contributed by atoms with Gasteiger partial charge in [0.25, 0.3) is 0 Å². The van der Waals surface area contributed by atoms with Crippen LogP contribution in [-0.2, 0) is 4.79 Å². The van der Waals surface area contributed by atoms with Crippen molar-refractivity contribution in [2.75, 3.05) is 6.54 Å². The van der Waals surface area contributed by atoms with E-state index < -0.39 is 0 Å². The third-order valence-corrected chi connectivity index (χ3v) is 6.81. The van der Waals surface area contributed by atoms with Gasteiger partial charge in [0.1, 0.15) is 0 Å². The van der Waals surface area contributed by atoms with Crippen LogP contribution in [0.4, 0.5) is 0 Å². The predicted molar refractivity (Wildman–Crippen MR) is 79.0 cm³/mol. The number of nitrogens with two attached hydrogens (primary N) is 1. The number of hydrogen-bond acceptors (Lipinski definition) is 2. The highest BCUT2D eigenvalue weighted by Gasteiger charge is 2.51. The van der Waals surface area contributed by atoms with E-state index in [4.69, 9.17) is 5.73 Å². The van der Waals surface area contributed by atoms with Crippen LogP contribution in [0.5, 0.6) is 0 Å². The molecule has 4 bridgehead atoms. The normalized spacial score (nSPS) is 44.1. The van der Waals surface area contributed by atoms with Gasteiger partial charge in [0.2, 0.25) is 5.91 Å². The van der Waals surface area contributed by atoms with Gasteiger partial charge in [-0.15, -0.1) is 0 Å². The third kappa shape index (κ3) is 2.09. The predicted octanol–water partition coefficient (Wildman–Crippen LogP) is 2.59. The molecular weight excluding hydrogens is 248 g/mol. The van der Waals surface area contributed by atoms with Gasteiger partial charge in [-0.25, -0.2) is 0 Å². The lowest BCUT2D eigenvalue weighted by Crippen LogP contribution is -2.59. The number of rotatable bonds is 4. The molecule has 5 fully saturated rings. The summed E-state index contributed by atoms with van der Waals surface area (Å²) in [7, 11) is 0. The first-order valence-electron chi connectivity index (χ1n) is 8.62. The molecule has 0 saturated heterocycles. The molecule has 3 N–H and O–H groups in total. The molecule has 5 aliphatic carbocycles. The molecule has 0 aromatic rings. The summed E-state index contributed by atoms with van der Waals surface area (Å²) in [5, 5.41) is 3.29. The molecule has 5 saturated carbocycles. The van der Waals surface area contributed by atoms with E-state index in [1.807, 2.05) is 0 Å². The smallest absolute Gasteiger partial charge is 0.221 e. The Hall–Kier alpha value is -0.570. The van der Waals surface area contributed by atoms with Gasteiger partial charge in [0.05, 0.1) is 5.54 Å². The Morgan fingerprint density at radius 1 is 1.05 bits per heavy atom. The first-order chi connectivity index (χ1) is 9.60. The van der Waals surface area contributed by atoms with E-state index in [0.29, 0.717) is 12.0 Å². The highest BCUT2D eigenvalue weighted by Crippen LogP contribution is 2.61. The first kappa shape index (κ1) is 13.1.